The Balaban J connectivity index is 1.33. The minimum atomic E-state index is 0.115. The molecule has 138 valence electrons. The van der Waals surface area contributed by atoms with Gasteiger partial charge in [-0.1, -0.05) is 17.7 Å². The SMILES string of the molecule is O=C(CN1CCN(c2cccc(Cl)c2)CC1)NCCN1CCOCC1. The van der Waals surface area contributed by atoms with Gasteiger partial charge in [0.25, 0.3) is 0 Å². The molecule has 0 bridgehead atoms. The molecule has 2 heterocycles. The molecule has 3 rings (SSSR count). The standard InChI is InChI=1S/C18H27ClN4O2/c19-16-2-1-3-17(14-16)23-8-6-22(7-9-23)15-18(24)20-4-5-21-10-12-25-13-11-21/h1-3,14H,4-13,15H2,(H,20,24). The monoisotopic (exact) mass is 366 g/mol. The first kappa shape index (κ1) is 18.5. The first-order valence-electron chi connectivity index (χ1n) is 9.00. The van der Waals surface area contributed by atoms with E-state index in [1.165, 1.54) is 0 Å². The van der Waals surface area contributed by atoms with Crippen LogP contribution in [0.5, 0.6) is 0 Å². The van der Waals surface area contributed by atoms with Crippen molar-refractivity contribution in [2.45, 2.75) is 0 Å². The van der Waals surface area contributed by atoms with E-state index in [9.17, 15) is 4.79 Å². The lowest BCUT2D eigenvalue weighted by Crippen LogP contribution is -2.50. The molecular formula is C18H27ClN4O2. The zero-order valence-electron chi connectivity index (χ0n) is 14.6. The van der Waals surface area contributed by atoms with E-state index in [0.29, 0.717) is 13.1 Å². The molecule has 25 heavy (non-hydrogen) atoms. The summed E-state index contributed by atoms with van der Waals surface area (Å²) in [5.41, 5.74) is 1.15. The second-order valence-electron chi connectivity index (χ2n) is 6.55. The van der Waals surface area contributed by atoms with E-state index < -0.39 is 0 Å². The van der Waals surface area contributed by atoms with E-state index in [1.54, 1.807) is 0 Å². The van der Waals surface area contributed by atoms with Crippen LogP contribution in [0.1, 0.15) is 0 Å². The maximum absolute atomic E-state index is 12.1. The third-order valence-electron chi connectivity index (χ3n) is 4.77. The van der Waals surface area contributed by atoms with Crippen LogP contribution in [0.15, 0.2) is 24.3 Å². The Hall–Kier alpha value is -1.34. The number of carbonyl (C=O) groups is 1. The minimum absolute atomic E-state index is 0.115. The third kappa shape index (κ3) is 5.85. The second-order valence-corrected chi connectivity index (χ2v) is 6.98. The molecular weight excluding hydrogens is 340 g/mol. The molecule has 0 unspecified atom stereocenters. The Kier molecular flexibility index (Phi) is 6.93. The number of hydrogen-bond acceptors (Lipinski definition) is 5. The minimum Gasteiger partial charge on any atom is -0.379 e. The van der Waals surface area contributed by atoms with E-state index in [0.717, 1.165) is 69.7 Å². The molecule has 1 aromatic rings. The van der Waals surface area contributed by atoms with Crippen molar-refractivity contribution in [1.82, 2.24) is 15.1 Å². The fraction of sp³-hybridized carbons (Fsp3) is 0.611. The number of carbonyl (C=O) groups excluding carboxylic acids is 1. The average molecular weight is 367 g/mol. The number of ether oxygens (including phenoxy) is 1. The molecule has 6 nitrogen and oxygen atoms in total. The first-order chi connectivity index (χ1) is 12.2. The lowest BCUT2D eigenvalue weighted by atomic mass is 10.2. The van der Waals surface area contributed by atoms with Gasteiger partial charge >= 0.3 is 0 Å². The highest BCUT2D eigenvalue weighted by Crippen LogP contribution is 2.20. The van der Waals surface area contributed by atoms with Crippen molar-refractivity contribution >= 4 is 23.2 Å². The van der Waals surface area contributed by atoms with E-state index in [-0.39, 0.29) is 5.91 Å². The summed E-state index contributed by atoms with van der Waals surface area (Å²) in [5.74, 6) is 0.115. The lowest BCUT2D eigenvalue weighted by molar-refractivity contribution is -0.122. The molecule has 0 radical (unpaired) electrons. The largest absolute Gasteiger partial charge is 0.379 e. The number of piperazine rings is 1. The van der Waals surface area contributed by atoms with Crippen LogP contribution in [0.4, 0.5) is 5.69 Å². The van der Waals surface area contributed by atoms with Crippen LogP contribution >= 0.6 is 11.6 Å². The van der Waals surface area contributed by atoms with Gasteiger partial charge in [-0.25, -0.2) is 0 Å². The van der Waals surface area contributed by atoms with E-state index in [2.05, 4.69) is 26.1 Å². The Morgan fingerprint density at radius 3 is 2.56 bits per heavy atom. The van der Waals surface area contributed by atoms with Crippen molar-refractivity contribution in [3.05, 3.63) is 29.3 Å². The normalized spacial score (nSPS) is 19.8. The van der Waals surface area contributed by atoms with Crippen molar-refractivity contribution in [3.8, 4) is 0 Å². The summed E-state index contributed by atoms with van der Waals surface area (Å²) in [6, 6.07) is 7.95. The van der Waals surface area contributed by atoms with Crippen LogP contribution in [-0.4, -0.2) is 87.8 Å². The van der Waals surface area contributed by atoms with E-state index >= 15 is 0 Å². The first-order valence-corrected chi connectivity index (χ1v) is 9.38. The van der Waals surface area contributed by atoms with Gasteiger partial charge in [0.2, 0.25) is 5.91 Å². The molecule has 1 amide bonds. The summed E-state index contributed by atoms with van der Waals surface area (Å²) in [4.78, 5) is 19.0. The summed E-state index contributed by atoms with van der Waals surface area (Å²) in [5, 5.41) is 3.80. The maximum atomic E-state index is 12.1. The topological polar surface area (TPSA) is 48.1 Å². The number of nitrogens with zero attached hydrogens (tertiary/aromatic N) is 3. The van der Waals surface area contributed by atoms with Crippen LogP contribution < -0.4 is 10.2 Å². The predicted octanol–water partition coefficient (Wildman–Crippen LogP) is 0.910. The van der Waals surface area contributed by atoms with Crippen molar-refractivity contribution < 1.29 is 9.53 Å². The van der Waals surface area contributed by atoms with Gasteiger partial charge in [-0.15, -0.1) is 0 Å². The van der Waals surface area contributed by atoms with Gasteiger partial charge in [0.15, 0.2) is 0 Å². The van der Waals surface area contributed by atoms with Crippen molar-refractivity contribution in [2.75, 3.05) is 77.0 Å². The fourth-order valence-corrected chi connectivity index (χ4v) is 3.46. The van der Waals surface area contributed by atoms with Gasteiger partial charge in [0, 0.05) is 63.1 Å². The number of hydrogen-bond donors (Lipinski definition) is 1. The molecule has 2 aliphatic heterocycles. The molecule has 7 heteroatoms. The van der Waals surface area contributed by atoms with E-state index in [4.69, 9.17) is 16.3 Å². The number of amides is 1. The van der Waals surface area contributed by atoms with Crippen LogP contribution in [-0.2, 0) is 9.53 Å². The molecule has 0 atom stereocenters. The van der Waals surface area contributed by atoms with Gasteiger partial charge in [-0.2, -0.15) is 0 Å². The fourth-order valence-electron chi connectivity index (χ4n) is 3.27. The van der Waals surface area contributed by atoms with Crippen LogP contribution in [0.3, 0.4) is 0 Å². The number of morpholine rings is 1. The van der Waals surface area contributed by atoms with E-state index in [1.807, 2.05) is 18.2 Å². The molecule has 0 spiro atoms. The summed E-state index contributed by atoms with van der Waals surface area (Å²) in [6.45, 7) is 9.22. The Bertz CT molecular complexity index is 558. The van der Waals surface area contributed by atoms with Gasteiger partial charge < -0.3 is 15.0 Å². The van der Waals surface area contributed by atoms with Crippen molar-refractivity contribution in [1.29, 1.82) is 0 Å². The molecule has 0 saturated carbocycles. The van der Waals surface area contributed by atoms with Crippen LogP contribution in [0.25, 0.3) is 0 Å². The molecule has 0 aromatic heterocycles. The highest BCUT2D eigenvalue weighted by atomic mass is 35.5. The molecule has 2 saturated heterocycles. The highest BCUT2D eigenvalue weighted by Gasteiger charge is 2.19. The maximum Gasteiger partial charge on any atom is 0.234 e. The highest BCUT2D eigenvalue weighted by molar-refractivity contribution is 6.30. The summed E-state index contributed by atoms with van der Waals surface area (Å²) < 4.78 is 5.33. The van der Waals surface area contributed by atoms with Crippen molar-refractivity contribution in [2.24, 2.45) is 0 Å². The zero-order valence-corrected chi connectivity index (χ0v) is 15.4. The zero-order chi connectivity index (χ0) is 17.5. The molecule has 2 aliphatic rings. The second kappa shape index (κ2) is 9.38. The van der Waals surface area contributed by atoms with Gasteiger partial charge in [-0.05, 0) is 18.2 Å². The molecule has 1 N–H and O–H groups in total. The number of rotatable bonds is 6. The molecule has 0 aliphatic carbocycles. The van der Waals surface area contributed by atoms with Crippen LogP contribution in [0.2, 0.25) is 5.02 Å². The summed E-state index contributed by atoms with van der Waals surface area (Å²) in [6.07, 6.45) is 0. The Morgan fingerprint density at radius 1 is 1.08 bits per heavy atom. The number of nitrogens with one attached hydrogen (secondary N) is 1. The number of benzene rings is 1. The average Bonchev–Trinajstić information content (AvgIpc) is 2.63. The van der Waals surface area contributed by atoms with Crippen molar-refractivity contribution in [3.63, 3.8) is 0 Å². The molecule has 2 fully saturated rings. The predicted molar refractivity (Wildman–Crippen MR) is 100 cm³/mol. The summed E-state index contributed by atoms with van der Waals surface area (Å²) in [7, 11) is 0. The molecule has 1 aromatic carbocycles. The third-order valence-corrected chi connectivity index (χ3v) is 5.00. The van der Waals surface area contributed by atoms with Gasteiger partial charge in [0.05, 0.1) is 19.8 Å². The van der Waals surface area contributed by atoms with Gasteiger partial charge in [-0.3, -0.25) is 14.6 Å². The summed E-state index contributed by atoms with van der Waals surface area (Å²) >= 11 is 6.07. The Morgan fingerprint density at radius 2 is 1.84 bits per heavy atom. The quantitative estimate of drug-likeness (QED) is 0.811. The smallest absolute Gasteiger partial charge is 0.234 e. The number of anilines is 1. The van der Waals surface area contributed by atoms with Crippen LogP contribution in [0, 0.1) is 0 Å². The Labute approximate surface area is 154 Å². The van der Waals surface area contributed by atoms with Gasteiger partial charge in [0.1, 0.15) is 0 Å². The lowest BCUT2D eigenvalue weighted by Gasteiger charge is -2.35. The number of halogens is 1.